The van der Waals surface area contributed by atoms with E-state index in [0.717, 1.165) is 44.0 Å². The highest BCUT2D eigenvalue weighted by molar-refractivity contribution is 5.90. The Bertz CT molecular complexity index is 1030. The van der Waals surface area contributed by atoms with Gasteiger partial charge in [0.2, 0.25) is 11.7 Å². The molecule has 0 N–H and O–H groups in total. The maximum absolute atomic E-state index is 12.5. The van der Waals surface area contributed by atoms with Crippen LogP contribution in [0.3, 0.4) is 0 Å². The zero-order valence-corrected chi connectivity index (χ0v) is 17.5. The fourth-order valence-corrected chi connectivity index (χ4v) is 4.15. The minimum atomic E-state index is -0.295. The number of aromatic nitrogens is 2. The van der Waals surface area contributed by atoms with Gasteiger partial charge in [-0.3, -0.25) is 9.80 Å². The number of anilines is 2. The standard InChI is InChI=1S/C23H25N5O3/c1-17-24-22(25-31-17)18-7-9-20(10-8-18)28-16-21(30-23(28)29)15-26-11-13-27(14-12-26)19-5-3-2-4-6-19/h2-10,21H,11-16H2,1H3. The van der Waals surface area contributed by atoms with E-state index in [1.807, 2.05) is 30.3 Å². The molecule has 31 heavy (non-hydrogen) atoms. The molecule has 2 fully saturated rings. The first kappa shape index (κ1) is 19.6. The van der Waals surface area contributed by atoms with Gasteiger partial charge in [0, 0.05) is 56.6 Å². The largest absolute Gasteiger partial charge is 0.443 e. The van der Waals surface area contributed by atoms with Crippen LogP contribution < -0.4 is 9.80 Å². The summed E-state index contributed by atoms with van der Waals surface area (Å²) < 4.78 is 10.7. The summed E-state index contributed by atoms with van der Waals surface area (Å²) in [5, 5.41) is 3.93. The summed E-state index contributed by atoms with van der Waals surface area (Å²) in [5.74, 6) is 1.07. The van der Waals surface area contributed by atoms with Crippen LogP contribution in [0.5, 0.6) is 0 Å². The van der Waals surface area contributed by atoms with Gasteiger partial charge in [0.25, 0.3) is 0 Å². The molecule has 1 aromatic heterocycles. The average molecular weight is 419 g/mol. The summed E-state index contributed by atoms with van der Waals surface area (Å²) >= 11 is 0. The summed E-state index contributed by atoms with van der Waals surface area (Å²) in [6.07, 6.45) is -0.425. The van der Waals surface area contributed by atoms with Crippen LogP contribution >= 0.6 is 0 Å². The van der Waals surface area contributed by atoms with Crippen molar-refractivity contribution in [2.45, 2.75) is 13.0 Å². The maximum atomic E-state index is 12.5. The molecule has 2 saturated heterocycles. The molecule has 2 aliphatic rings. The smallest absolute Gasteiger partial charge is 0.414 e. The summed E-state index contributed by atoms with van der Waals surface area (Å²) in [6, 6.07) is 18.1. The molecule has 1 atom stereocenters. The van der Waals surface area contributed by atoms with E-state index in [4.69, 9.17) is 9.26 Å². The molecular formula is C23H25N5O3. The molecule has 1 amide bonds. The summed E-state index contributed by atoms with van der Waals surface area (Å²) in [6.45, 7) is 6.94. The van der Waals surface area contributed by atoms with Gasteiger partial charge in [-0.25, -0.2) is 4.79 Å². The molecule has 0 saturated carbocycles. The lowest BCUT2D eigenvalue weighted by Crippen LogP contribution is -2.49. The fraction of sp³-hybridized carbons (Fsp3) is 0.348. The van der Waals surface area contributed by atoms with Gasteiger partial charge in [-0.2, -0.15) is 4.98 Å². The van der Waals surface area contributed by atoms with E-state index in [2.05, 4.69) is 44.2 Å². The molecule has 160 valence electrons. The van der Waals surface area contributed by atoms with E-state index in [-0.39, 0.29) is 12.2 Å². The van der Waals surface area contributed by atoms with Crippen molar-refractivity contribution in [2.24, 2.45) is 0 Å². The van der Waals surface area contributed by atoms with Gasteiger partial charge in [0.1, 0.15) is 6.10 Å². The number of carbonyl (C=O) groups is 1. The highest BCUT2D eigenvalue weighted by Crippen LogP contribution is 2.25. The predicted molar refractivity (Wildman–Crippen MR) is 117 cm³/mol. The number of rotatable bonds is 5. The number of hydrogen-bond donors (Lipinski definition) is 0. The second kappa shape index (κ2) is 8.39. The van der Waals surface area contributed by atoms with E-state index in [1.54, 1.807) is 11.8 Å². The number of para-hydroxylation sites is 1. The Labute approximate surface area is 181 Å². The first-order valence-corrected chi connectivity index (χ1v) is 10.6. The van der Waals surface area contributed by atoms with Crippen molar-refractivity contribution in [2.75, 3.05) is 49.1 Å². The third-order valence-corrected chi connectivity index (χ3v) is 5.79. The molecule has 0 spiro atoms. The molecule has 2 aliphatic heterocycles. The third-order valence-electron chi connectivity index (χ3n) is 5.79. The van der Waals surface area contributed by atoms with Crippen molar-refractivity contribution >= 4 is 17.5 Å². The SMILES string of the molecule is Cc1nc(-c2ccc(N3CC(CN4CCN(c5ccccc5)CC4)OC3=O)cc2)no1. The molecule has 5 rings (SSSR count). The molecule has 0 radical (unpaired) electrons. The molecule has 3 aromatic rings. The Hall–Kier alpha value is -3.39. The zero-order chi connectivity index (χ0) is 21.2. The number of hydrogen-bond acceptors (Lipinski definition) is 7. The van der Waals surface area contributed by atoms with Crippen molar-refractivity contribution in [3.05, 3.63) is 60.5 Å². The van der Waals surface area contributed by atoms with Crippen LogP contribution in [0.1, 0.15) is 5.89 Å². The molecule has 0 aliphatic carbocycles. The third kappa shape index (κ3) is 4.25. The number of benzene rings is 2. The lowest BCUT2D eigenvalue weighted by atomic mass is 10.2. The van der Waals surface area contributed by atoms with Crippen LogP contribution in [0, 0.1) is 6.92 Å². The van der Waals surface area contributed by atoms with Crippen LogP contribution in [-0.2, 0) is 4.74 Å². The topological polar surface area (TPSA) is 74.9 Å². The Balaban J connectivity index is 1.16. The second-order valence-electron chi connectivity index (χ2n) is 7.92. The van der Waals surface area contributed by atoms with E-state index < -0.39 is 0 Å². The molecule has 2 aromatic carbocycles. The van der Waals surface area contributed by atoms with Gasteiger partial charge in [-0.05, 0) is 36.4 Å². The lowest BCUT2D eigenvalue weighted by molar-refractivity contribution is 0.106. The monoisotopic (exact) mass is 419 g/mol. The Morgan fingerprint density at radius 1 is 0.968 bits per heavy atom. The van der Waals surface area contributed by atoms with Gasteiger partial charge in [0.05, 0.1) is 6.54 Å². The molecule has 0 bridgehead atoms. The number of aryl methyl sites for hydroxylation is 1. The van der Waals surface area contributed by atoms with E-state index in [0.29, 0.717) is 18.3 Å². The van der Waals surface area contributed by atoms with Crippen molar-refractivity contribution < 1.29 is 14.1 Å². The van der Waals surface area contributed by atoms with E-state index in [1.165, 1.54) is 5.69 Å². The Morgan fingerprint density at radius 2 is 1.71 bits per heavy atom. The van der Waals surface area contributed by atoms with Gasteiger partial charge in [-0.1, -0.05) is 23.4 Å². The van der Waals surface area contributed by atoms with Gasteiger partial charge in [-0.15, -0.1) is 0 Å². The number of ether oxygens (including phenoxy) is 1. The van der Waals surface area contributed by atoms with E-state index >= 15 is 0 Å². The minimum Gasteiger partial charge on any atom is -0.443 e. The second-order valence-corrected chi connectivity index (χ2v) is 7.92. The van der Waals surface area contributed by atoms with Crippen LogP contribution in [0.4, 0.5) is 16.2 Å². The number of amides is 1. The zero-order valence-electron chi connectivity index (χ0n) is 17.5. The summed E-state index contributed by atoms with van der Waals surface area (Å²) in [5.41, 5.74) is 2.92. The van der Waals surface area contributed by atoms with Gasteiger partial charge >= 0.3 is 6.09 Å². The van der Waals surface area contributed by atoms with Crippen LogP contribution in [0.2, 0.25) is 0 Å². The first-order valence-electron chi connectivity index (χ1n) is 10.6. The molecule has 8 nitrogen and oxygen atoms in total. The maximum Gasteiger partial charge on any atom is 0.414 e. The Morgan fingerprint density at radius 3 is 2.39 bits per heavy atom. The van der Waals surface area contributed by atoms with Crippen molar-refractivity contribution in [3.8, 4) is 11.4 Å². The van der Waals surface area contributed by atoms with Crippen molar-refractivity contribution in [1.82, 2.24) is 15.0 Å². The predicted octanol–water partition coefficient (Wildman–Crippen LogP) is 3.19. The number of cyclic esters (lactones) is 1. The van der Waals surface area contributed by atoms with Crippen molar-refractivity contribution in [1.29, 1.82) is 0 Å². The van der Waals surface area contributed by atoms with Crippen LogP contribution in [0.15, 0.2) is 59.1 Å². The summed E-state index contributed by atoms with van der Waals surface area (Å²) in [7, 11) is 0. The van der Waals surface area contributed by atoms with Gasteiger partial charge < -0.3 is 14.2 Å². The van der Waals surface area contributed by atoms with Crippen molar-refractivity contribution in [3.63, 3.8) is 0 Å². The van der Waals surface area contributed by atoms with Crippen LogP contribution in [-0.4, -0.2) is 66.5 Å². The highest BCUT2D eigenvalue weighted by Gasteiger charge is 2.34. The Kier molecular flexibility index (Phi) is 5.30. The normalized spacial score (nSPS) is 19.6. The minimum absolute atomic E-state index is 0.129. The van der Waals surface area contributed by atoms with E-state index in [9.17, 15) is 4.79 Å². The number of nitrogens with zero attached hydrogens (tertiary/aromatic N) is 5. The lowest BCUT2D eigenvalue weighted by Gasteiger charge is -2.36. The molecule has 3 heterocycles. The molecule has 8 heteroatoms. The highest BCUT2D eigenvalue weighted by atomic mass is 16.6. The molecular weight excluding hydrogens is 394 g/mol. The summed E-state index contributed by atoms with van der Waals surface area (Å²) in [4.78, 5) is 23.2. The quantitative estimate of drug-likeness (QED) is 0.629. The molecule has 1 unspecified atom stereocenters. The fourth-order valence-electron chi connectivity index (χ4n) is 4.15. The number of piperazine rings is 1. The average Bonchev–Trinajstić information content (AvgIpc) is 3.40. The van der Waals surface area contributed by atoms with Crippen LogP contribution in [0.25, 0.3) is 11.4 Å². The van der Waals surface area contributed by atoms with Gasteiger partial charge in [0.15, 0.2) is 0 Å². The first-order chi connectivity index (χ1) is 15.2. The number of carbonyl (C=O) groups excluding carboxylic acids is 1.